The Hall–Kier alpha value is -3.38. The van der Waals surface area contributed by atoms with E-state index in [-0.39, 0.29) is 49.6 Å². The summed E-state index contributed by atoms with van der Waals surface area (Å²) in [5.74, 6) is -1.13. The van der Waals surface area contributed by atoms with E-state index in [0.29, 0.717) is 11.4 Å². The van der Waals surface area contributed by atoms with Gasteiger partial charge in [-0.15, -0.1) is 0 Å². The van der Waals surface area contributed by atoms with Crippen molar-refractivity contribution >= 4 is 36.7 Å². The number of aliphatic hydroxyl groups is 1. The largest absolute Gasteiger partial charge is 0.416 e. The van der Waals surface area contributed by atoms with Crippen LogP contribution in [0.3, 0.4) is 0 Å². The molecule has 0 saturated carbocycles. The number of amides is 2. The molecule has 3 aromatic rings. The van der Waals surface area contributed by atoms with Crippen molar-refractivity contribution in [2.75, 3.05) is 16.8 Å². The highest BCUT2D eigenvalue weighted by atomic mass is 32.1. The summed E-state index contributed by atoms with van der Waals surface area (Å²) >= 11 is 0. The fraction of sp³-hybridized carbons (Fsp3) is 0.238. The van der Waals surface area contributed by atoms with Gasteiger partial charge in [0.15, 0.2) is 0 Å². The van der Waals surface area contributed by atoms with E-state index in [1.165, 1.54) is 46.2 Å². The molecule has 2 amide bonds. The first-order valence-electron chi connectivity index (χ1n) is 9.63. The van der Waals surface area contributed by atoms with Crippen molar-refractivity contribution in [3.8, 4) is 0 Å². The molecule has 12 heteroatoms. The van der Waals surface area contributed by atoms with Gasteiger partial charge >= 0.3 is 6.18 Å². The van der Waals surface area contributed by atoms with Crippen LogP contribution in [-0.4, -0.2) is 38.2 Å². The highest BCUT2D eigenvalue weighted by Gasteiger charge is 2.36. The molecule has 2 N–H and O–H groups in total. The predicted molar refractivity (Wildman–Crippen MR) is 119 cm³/mol. The maximum absolute atomic E-state index is 13.2. The molecule has 0 fully saturated rings. The second-order valence-corrected chi connectivity index (χ2v) is 7.31. The van der Waals surface area contributed by atoms with Gasteiger partial charge in [-0.1, -0.05) is 0 Å². The number of aliphatic hydroxyl groups excluding tert-OH is 1. The summed E-state index contributed by atoms with van der Waals surface area (Å²) in [5.41, 5.74) is 0.278. The second-order valence-electron chi connectivity index (χ2n) is 7.31. The van der Waals surface area contributed by atoms with Gasteiger partial charge in [0.1, 0.15) is 5.69 Å². The van der Waals surface area contributed by atoms with Gasteiger partial charge in [-0.3, -0.25) is 19.3 Å². The van der Waals surface area contributed by atoms with Gasteiger partial charge in [0, 0.05) is 24.1 Å². The number of anilines is 2. The number of carbonyl (C=O) groups excluding carboxylic acids is 2. The average molecular weight is 479 g/mol. The molecule has 3 heterocycles. The van der Waals surface area contributed by atoms with Crippen LogP contribution in [0.5, 0.6) is 0 Å². The number of halogens is 3. The number of carbonyl (C=O) groups is 2. The Morgan fingerprint density at radius 2 is 1.94 bits per heavy atom. The lowest BCUT2D eigenvalue weighted by atomic mass is 10.1. The molecule has 0 radical (unpaired) electrons. The molecule has 1 aliphatic heterocycles. The number of aromatic nitrogens is 3. The molecule has 0 unspecified atom stereocenters. The Labute approximate surface area is 193 Å². The Morgan fingerprint density at radius 1 is 1.24 bits per heavy atom. The lowest BCUT2D eigenvalue weighted by Gasteiger charge is -2.32. The average Bonchev–Trinajstić information content (AvgIpc) is 3.22. The van der Waals surface area contributed by atoms with Crippen molar-refractivity contribution in [1.29, 1.82) is 0 Å². The number of hydrogen-bond donors (Lipinski definition) is 2. The summed E-state index contributed by atoms with van der Waals surface area (Å²) in [6.45, 7) is 1.67. The van der Waals surface area contributed by atoms with E-state index in [9.17, 15) is 27.9 Å². The summed E-state index contributed by atoms with van der Waals surface area (Å²) in [4.78, 5) is 31.3. The van der Waals surface area contributed by atoms with Gasteiger partial charge in [-0.05, 0) is 43.3 Å². The monoisotopic (exact) mass is 479 g/mol. The molecular weight excluding hydrogens is 459 g/mol. The second kappa shape index (κ2) is 9.24. The first-order valence-corrected chi connectivity index (χ1v) is 9.63. The van der Waals surface area contributed by atoms with Crippen molar-refractivity contribution in [2.24, 2.45) is 0 Å². The van der Waals surface area contributed by atoms with Gasteiger partial charge < -0.3 is 15.3 Å². The Balaban J connectivity index is 0.00000306. The molecule has 33 heavy (non-hydrogen) atoms. The van der Waals surface area contributed by atoms with E-state index in [1.807, 2.05) is 0 Å². The van der Waals surface area contributed by atoms with Gasteiger partial charge in [0.2, 0.25) is 0 Å². The zero-order chi connectivity index (χ0) is 23.0. The number of pyridine rings is 1. The van der Waals surface area contributed by atoms with E-state index in [2.05, 4.69) is 15.4 Å². The van der Waals surface area contributed by atoms with Gasteiger partial charge in [-0.2, -0.15) is 31.8 Å². The number of nitrogens with zero attached hydrogens (tertiary/aromatic N) is 4. The molecule has 2 aromatic heterocycles. The topological polar surface area (TPSA) is 100 Å². The van der Waals surface area contributed by atoms with Crippen LogP contribution >= 0.6 is 13.5 Å². The minimum atomic E-state index is -4.48. The van der Waals surface area contributed by atoms with Gasteiger partial charge in [0.05, 0.1) is 35.7 Å². The molecule has 174 valence electrons. The summed E-state index contributed by atoms with van der Waals surface area (Å²) in [7, 11) is 0. The van der Waals surface area contributed by atoms with Crippen molar-refractivity contribution in [2.45, 2.75) is 25.7 Å². The third kappa shape index (κ3) is 4.71. The van der Waals surface area contributed by atoms with Crippen LogP contribution in [0.2, 0.25) is 0 Å². The molecule has 0 bridgehead atoms. The lowest BCUT2D eigenvalue weighted by molar-refractivity contribution is -0.137. The minimum absolute atomic E-state index is 0. The van der Waals surface area contributed by atoms with Crippen LogP contribution in [0.15, 0.2) is 48.8 Å². The van der Waals surface area contributed by atoms with Crippen molar-refractivity contribution < 1.29 is 27.9 Å². The predicted octanol–water partition coefficient (Wildman–Crippen LogP) is 3.38. The molecule has 4 rings (SSSR count). The van der Waals surface area contributed by atoms with E-state index in [1.54, 1.807) is 6.92 Å². The number of hydrogen-bond acceptors (Lipinski definition) is 5. The van der Waals surface area contributed by atoms with Crippen LogP contribution in [0, 0.1) is 0 Å². The highest BCUT2D eigenvalue weighted by Crippen LogP contribution is 2.33. The smallest absolute Gasteiger partial charge is 0.390 e. The summed E-state index contributed by atoms with van der Waals surface area (Å²) in [6, 6.07) is 7.00. The summed E-state index contributed by atoms with van der Waals surface area (Å²) in [5, 5.41) is 16.0. The van der Waals surface area contributed by atoms with E-state index >= 15 is 0 Å². The SMILES string of the molecule is C[C@H]1CN(c2ccc(C(F)(F)F)cc2)C(=O)c2c(C(=O)Nc3ccnc(CO)c3)cnn21.S. The fourth-order valence-corrected chi connectivity index (χ4v) is 3.52. The Bertz CT molecular complexity index is 1180. The highest BCUT2D eigenvalue weighted by molar-refractivity contribution is 7.59. The third-order valence-electron chi connectivity index (χ3n) is 5.09. The van der Waals surface area contributed by atoms with Crippen LogP contribution in [-0.2, 0) is 12.8 Å². The van der Waals surface area contributed by atoms with E-state index in [4.69, 9.17) is 0 Å². The zero-order valence-corrected chi connectivity index (χ0v) is 18.3. The molecule has 0 aliphatic carbocycles. The van der Waals surface area contributed by atoms with Crippen molar-refractivity contribution in [1.82, 2.24) is 14.8 Å². The van der Waals surface area contributed by atoms with Crippen LogP contribution in [0.1, 0.15) is 45.1 Å². The molecule has 0 saturated heterocycles. The van der Waals surface area contributed by atoms with Gasteiger partial charge in [0.25, 0.3) is 11.8 Å². The molecular formula is C21H20F3N5O3S. The van der Waals surface area contributed by atoms with Crippen LogP contribution in [0.25, 0.3) is 0 Å². The minimum Gasteiger partial charge on any atom is -0.390 e. The Kier molecular flexibility index (Phi) is 6.79. The van der Waals surface area contributed by atoms with Crippen molar-refractivity contribution in [3.05, 3.63) is 71.3 Å². The molecule has 1 atom stereocenters. The molecule has 1 aromatic carbocycles. The lowest BCUT2D eigenvalue weighted by Crippen LogP contribution is -2.43. The summed E-state index contributed by atoms with van der Waals surface area (Å²) < 4.78 is 40.0. The van der Waals surface area contributed by atoms with Crippen LogP contribution < -0.4 is 10.2 Å². The zero-order valence-electron chi connectivity index (χ0n) is 17.3. The number of fused-ring (bicyclic) bond motifs is 1. The fourth-order valence-electron chi connectivity index (χ4n) is 3.52. The quantitative estimate of drug-likeness (QED) is 0.598. The third-order valence-corrected chi connectivity index (χ3v) is 5.09. The standard InChI is InChI=1S/C21H18F3N5O3.H2S/c1-12-10-28(16-4-2-13(3-5-16)21(22,23)24)20(32)18-17(9-26-29(12)18)19(31)27-14-6-7-25-15(8-14)11-30;/h2-9,12,30H,10-11H2,1H3,(H,25,27,31);1H2/t12-;/m0./s1. The number of alkyl halides is 3. The maximum atomic E-state index is 13.2. The summed E-state index contributed by atoms with van der Waals surface area (Å²) in [6.07, 6.45) is -1.78. The van der Waals surface area contributed by atoms with E-state index < -0.39 is 23.6 Å². The van der Waals surface area contributed by atoms with Crippen molar-refractivity contribution in [3.63, 3.8) is 0 Å². The first kappa shape index (κ1) is 24.3. The Morgan fingerprint density at radius 3 is 2.58 bits per heavy atom. The molecule has 1 aliphatic rings. The molecule has 0 spiro atoms. The van der Waals surface area contributed by atoms with Crippen LogP contribution in [0.4, 0.5) is 24.5 Å². The van der Waals surface area contributed by atoms with E-state index in [0.717, 1.165) is 12.1 Å². The number of nitrogens with one attached hydrogen (secondary N) is 1. The maximum Gasteiger partial charge on any atom is 0.416 e. The van der Waals surface area contributed by atoms with Gasteiger partial charge in [-0.25, -0.2) is 0 Å². The normalized spacial score (nSPS) is 15.6. The molecule has 8 nitrogen and oxygen atoms in total. The first-order chi connectivity index (χ1) is 15.2. The number of rotatable bonds is 4. The number of benzene rings is 1.